The maximum absolute atomic E-state index is 11.1. The molecule has 1 rings (SSSR count). The van der Waals surface area contributed by atoms with Crippen molar-refractivity contribution in [2.24, 2.45) is 5.73 Å². The first-order valence-electron chi connectivity index (χ1n) is 5.28. The van der Waals surface area contributed by atoms with Gasteiger partial charge in [-0.15, -0.1) is 0 Å². The molecule has 18 heavy (non-hydrogen) atoms. The van der Waals surface area contributed by atoms with Crippen LogP contribution in [-0.4, -0.2) is 49.8 Å². The van der Waals surface area contributed by atoms with Crippen LogP contribution in [0.4, 0.5) is 5.95 Å². The van der Waals surface area contributed by atoms with Crippen LogP contribution in [-0.2, 0) is 9.84 Å². The third-order valence-electron chi connectivity index (χ3n) is 2.26. The second kappa shape index (κ2) is 5.30. The van der Waals surface area contributed by atoms with Crippen LogP contribution in [0.5, 0.6) is 0 Å². The molecule has 0 bridgehead atoms. The molecule has 0 aliphatic rings. The maximum atomic E-state index is 11.1. The Balaban J connectivity index is 2.92. The fourth-order valence-electron chi connectivity index (χ4n) is 1.26. The minimum Gasteiger partial charge on any atom is -0.382 e. The number of rotatable bonds is 5. The average Bonchev–Trinajstić information content (AvgIpc) is 2.23. The molecule has 0 saturated heterocycles. The molecule has 0 amide bonds. The smallest absolute Gasteiger partial charge is 0.225 e. The van der Waals surface area contributed by atoms with Crippen molar-refractivity contribution >= 4 is 21.6 Å². The van der Waals surface area contributed by atoms with Gasteiger partial charge in [0, 0.05) is 25.5 Å². The third kappa shape index (κ3) is 4.28. The maximum Gasteiger partial charge on any atom is 0.225 e. The summed E-state index contributed by atoms with van der Waals surface area (Å²) < 4.78 is 22.2. The summed E-state index contributed by atoms with van der Waals surface area (Å²) in [4.78, 5) is 9.91. The first-order valence-corrected chi connectivity index (χ1v) is 7.34. The van der Waals surface area contributed by atoms with Crippen molar-refractivity contribution in [3.05, 3.63) is 17.5 Å². The summed E-state index contributed by atoms with van der Waals surface area (Å²) in [7, 11) is -1.33. The van der Waals surface area contributed by atoms with E-state index in [0.717, 1.165) is 0 Å². The van der Waals surface area contributed by atoms with Crippen molar-refractivity contribution in [1.29, 1.82) is 5.41 Å². The zero-order valence-electron chi connectivity index (χ0n) is 10.6. The number of hydrogen-bond acceptors (Lipinski definition) is 6. The predicted molar refractivity (Wildman–Crippen MR) is 70.8 cm³/mol. The molecule has 1 aromatic heterocycles. The molecule has 1 aromatic rings. The van der Waals surface area contributed by atoms with Crippen LogP contribution < -0.4 is 10.6 Å². The molecule has 0 fully saturated rings. The number of nitrogens with two attached hydrogens (primary N) is 1. The topological polar surface area (TPSA) is 113 Å². The van der Waals surface area contributed by atoms with Crippen LogP contribution in [0.3, 0.4) is 0 Å². The number of nitrogens with zero attached hydrogens (tertiary/aromatic N) is 3. The highest BCUT2D eigenvalue weighted by molar-refractivity contribution is 7.90. The average molecular weight is 271 g/mol. The second-order valence-electron chi connectivity index (χ2n) is 4.16. The van der Waals surface area contributed by atoms with Crippen molar-refractivity contribution in [2.75, 3.05) is 30.5 Å². The number of nitrogen functional groups attached to an aromatic ring is 1. The zero-order chi connectivity index (χ0) is 13.9. The van der Waals surface area contributed by atoms with Crippen molar-refractivity contribution < 1.29 is 8.42 Å². The van der Waals surface area contributed by atoms with Crippen LogP contribution in [0.2, 0.25) is 0 Å². The quantitative estimate of drug-likeness (QED) is 0.554. The van der Waals surface area contributed by atoms with Crippen molar-refractivity contribution in [2.45, 2.75) is 6.92 Å². The number of hydrogen-bond donors (Lipinski definition) is 2. The minimum atomic E-state index is -3.03. The first-order chi connectivity index (χ1) is 8.19. The highest BCUT2D eigenvalue weighted by Gasteiger charge is 2.11. The summed E-state index contributed by atoms with van der Waals surface area (Å²) in [6.45, 7) is 2.06. The Morgan fingerprint density at radius 2 is 2.11 bits per heavy atom. The lowest BCUT2D eigenvalue weighted by molar-refractivity contribution is 0.601. The first kappa shape index (κ1) is 14.4. The van der Waals surface area contributed by atoms with Gasteiger partial charge in [-0.3, -0.25) is 5.41 Å². The molecule has 0 aliphatic carbocycles. The van der Waals surface area contributed by atoms with Gasteiger partial charge < -0.3 is 10.6 Å². The third-order valence-corrected chi connectivity index (χ3v) is 3.18. The van der Waals surface area contributed by atoms with Gasteiger partial charge in [0.1, 0.15) is 21.4 Å². The van der Waals surface area contributed by atoms with Gasteiger partial charge in [0.15, 0.2) is 0 Å². The highest BCUT2D eigenvalue weighted by Crippen LogP contribution is 2.08. The monoisotopic (exact) mass is 271 g/mol. The van der Waals surface area contributed by atoms with Crippen LogP contribution in [0.1, 0.15) is 11.4 Å². The van der Waals surface area contributed by atoms with E-state index >= 15 is 0 Å². The van der Waals surface area contributed by atoms with E-state index in [4.69, 9.17) is 11.1 Å². The lowest BCUT2D eigenvalue weighted by Gasteiger charge is -2.17. The highest BCUT2D eigenvalue weighted by atomic mass is 32.2. The van der Waals surface area contributed by atoms with Gasteiger partial charge in [0.25, 0.3) is 0 Å². The number of amidine groups is 1. The molecule has 7 nitrogen and oxygen atoms in total. The molecular formula is C10H17N5O2S. The molecule has 0 aliphatic heterocycles. The number of nitrogens with one attached hydrogen (secondary N) is 1. The van der Waals surface area contributed by atoms with E-state index in [9.17, 15) is 8.42 Å². The lowest BCUT2D eigenvalue weighted by Crippen LogP contribution is -2.27. The Morgan fingerprint density at radius 3 is 2.61 bits per heavy atom. The van der Waals surface area contributed by atoms with E-state index in [1.165, 1.54) is 6.26 Å². The predicted octanol–water partition coefficient (Wildman–Crippen LogP) is -0.450. The van der Waals surface area contributed by atoms with Gasteiger partial charge in [-0.2, -0.15) is 0 Å². The van der Waals surface area contributed by atoms with Gasteiger partial charge in [-0.25, -0.2) is 18.4 Å². The fraction of sp³-hybridized carbons (Fsp3) is 0.500. The van der Waals surface area contributed by atoms with Crippen LogP contribution in [0.25, 0.3) is 0 Å². The normalized spacial score (nSPS) is 11.3. The van der Waals surface area contributed by atoms with E-state index in [0.29, 0.717) is 23.9 Å². The van der Waals surface area contributed by atoms with Crippen LogP contribution in [0.15, 0.2) is 6.07 Å². The molecule has 1 heterocycles. The Morgan fingerprint density at radius 1 is 1.50 bits per heavy atom. The zero-order valence-corrected chi connectivity index (χ0v) is 11.5. The fourth-order valence-corrected chi connectivity index (χ4v) is 1.87. The van der Waals surface area contributed by atoms with Gasteiger partial charge in [0.05, 0.1) is 5.75 Å². The van der Waals surface area contributed by atoms with Crippen molar-refractivity contribution in [3.8, 4) is 0 Å². The molecule has 8 heteroatoms. The van der Waals surface area contributed by atoms with Gasteiger partial charge in [-0.05, 0) is 13.0 Å². The Labute approximate surface area is 106 Å². The molecule has 100 valence electrons. The Kier molecular flexibility index (Phi) is 4.23. The summed E-state index contributed by atoms with van der Waals surface area (Å²) in [6, 6.07) is 1.61. The van der Waals surface area contributed by atoms with Crippen molar-refractivity contribution in [1.82, 2.24) is 9.97 Å². The van der Waals surface area contributed by atoms with E-state index < -0.39 is 9.84 Å². The number of aryl methyl sites for hydroxylation is 1. The van der Waals surface area contributed by atoms with Gasteiger partial charge in [-0.1, -0.05) is 0 Å². The molecule has 3 N–H and O–H groups in total. The number of anilines is 1. The van der Waals surface area contributed by atoms with Crippen LogP contribution >= 0.6 is 0 Å². The standard InChI is InChI=1S/C10H17N5O2S/c1-7-6-8(9(11)12)14-10(13-7)15(2)4-5-18(3,16)17/h6H,4-5H2,1-3H3,(H3,11,12). The number of aromatic nitrogens is 2. The summed E-state index contributed by atoms with van der Waals surface area (Å²) in [6.07, 6.45) is 1.18. The molecular weight excluding hydrogens is 254 g/mol. The SMILES string of the molecule is Cc1cc(C(=N)N)nc(N(C)CCS(C)(=O)=O)n1. The van der Waals surface area contributed by atoms with Gasteiger partial charge >= 0.3 is 0 Å². The molecule has 0 saturated carbocycles. The molecule has 0 spiro atoms. The van der Waals surface area contributed by atoms with Gasteiger partial charge in [0.2, 0.25) is 5.95 Å². The van der Waals surface area contributed by atoms with E-state index in [-0.39, 0.29) is 11.6 Å². The largest absolute Gasteiger partial charge is 0.382 e. The van der Waals surface area contributed by atoms with E-state index in [1.54, 1.807) is 24.9 Å². The van der Waals surface area contributed by atoms with Crippen LogP contribution in [0, 0.1) is 12.3 Å². The van der Waals surface area contributed by atoms with E-state index in [2.05, 4.69) is 9.97 Å². The summed E-state index contributed by atoms with van der Waals surface area (Å²) in [5.74, 6) is 0.248. The summed E-state index contributed by atoms with van der Waals surface area (Å²) >= 11 is 0. The summed E-state index contributed by atoms with van der Waals surface area (Å²) in [5.41, 5.74) is 6.39. The molecule has 0 unspecified atom stereocenters. The summed E-state index contributed by atoms with van der Waals surface area (Å²) in [5, 5.41) is 7.34. The minimum absolute atomic E-state index is 0.0240. The lowest BCUT2D eigenvalue weighted by atomic mass is 10.3. The van der Waals surface area contributed by atoms with Crippen molar-refractivity contribution in [3.63, 3.8) is 0 Å². The number of sulfone groups is 1. The second-order valence-corrected chi connectivity index (χ2v) is 6.42. The van der Waals surface area contributed by atoms with E-state index in [1.807, 2.05) is 0 Å². The molecule has 0 radical (unpaired) electrons. The molecule has 0 aromatic carbocycles. The Bertz CT molecular complexity index is 555. The Hall–Kier alpha value is -1.70. The molecule has 0 atom stereocenters.